The van der Waals surface area contributed by atoms with E-state index in [1.54, 1.807) is 0 Å². The zero-order valence-electron chi connectivity index (χ0n) is 19.3. The van der Waals surface area contributed by atoms with Gasteiger partial charge in [-0.25, -0.2) is 4.98 Å². The number of aromatic nitrogens is 4. The molecular formula is C24H31F3N6O. The average Bonchev–Trinajstić information content (AvgIpc) is 3.11. The molecule has 2 aromatic heterocycles. The van der Waals surface area contributed by atoms with Crippen LogP contribution in [0.3, 0.4) is 0 Å². The topological polar surface area (TPSA) is 67.2 Å². The number of hydrogen-bond donors (Lipinski definition) is 0. The lowest BCUT2D eigenvalue weighted by atomic mass is 9.91. The Morgan fingerprint density at radius 3 is 2.50 bits per heavy atom. The highest BCUT2D eigenvalue weighted by Gasteiger charge is 2.35. The van der Waals surface area contributed by atoms with Crippen molar-refractivity contribution in [2.24, 2.45) is 5.92 Å². The molecule has 7 nitrogen and oxygen atoms in total. The maximum atomic E-state index is 13.3. The van der Waals surface area contributed by atoms with E-state index in [0.29, 0.717) is 38.3 Å². The number of nitrogens with zero attached hydrogens (tertiary/aromatic N) is 6. The third kappa shape index (κ3) is 4.77. The van der Waals surface area contributed by atoms with Gasteiger partial charge in [-0.3, -0.25) is 4.79 Å². The van der Waals surface area contributed by atoms with E-state index in [0.717, 1.165) is 69.1 Å². The lowest BCUT2D eigenvalue weighted by molar-refractivity contribution is -0.138. The molecule has 0 N–H and O–H groups in total. The Labute approximate surface area is 197 Å². The SMILES string of the molecule is O=C(C1CCN(c2ccc(C(F)(F)F)cn2)CC1)N1CCCC(c2nnc3n2CCCCC3)C1. The standard InChI is InChI=1S/C24H31F3N6O/c25-24(26,27)19-7-8-20(28-15-19)31-13-9-17(10-14-31)23(34)32-11-4-5-18(16-32)22-30-29-21-6-2-1-3-12-33(21)22/h7-8,15,17-18H,1-6,9-14,16H2. The molecule has 0 radical (unpaired) electrons. The van der Waals surface area contributed by atoms with Crippen LogP contribution in [-0.2, 0) is 23.9 Å². The molecule has 1 unspecified atom stereocenters. The van der Waals surface area contributed by atoms with Gasteiger partial charge in [-0.05, 0) is 50.7 Å². The summed E-state index contributed by atoms with van der Waals surface area (Å²) in [6.07, 6.45) is 4.37. The average molecular weight is 477 g/mol. The number of anilines is 1. The third-order valence-electron chi connectivity index (χ3n) is 7.48. The van der Waals surface area contributed by atoms with E-state index in [-0.39, 0.29) is 17.7 Å². The monoisotopic (exact) mass is 476 g/mol. The second-order valence-electron chi connectivity index (χ2n) is 9.72. The highest BCUT2D eigenvalue weighted by atomic mass is 19.4. The van der Waals surface area contributed by atoms with Gasteiger partial charge in [-0.15, -0.1) is 10.2 Å². The molecule has 0 aromatic carbocycles. The van der Waals surface area contributed by atoms with Crippen molar-refractivity contribution in [1.82, 2.24) is 24.6 Å². The van der Waals surface area contributed by atoms with E-state index in [9.17, 15) is 18.0 Å². The Balaban J connectivity index is 1.18. The van der Waals surface area contributed by atoms with Crippen molar-refractivity contribution in [3.63, 3.8) is 0 Å². The molecule has 0 saturated carbocycles. The number of piperidine rings is 2. The number of pyridine rings is 1. The summed E-state index contributed by atoms with van der Waals surface area (Å²) in [7, 11) is 0. The van der Waals surface area contributed by atoms with Crippen molar-refractivity contribution in [2.45, 2.75) is 70.0 Å². The zero-order chi connectivity index (χ0) is 23.7. The second kappa shape index (κ2) is 9.54. The van der Waals surface area contributed by atoms with Crippen molar-refractivity contribution < 1.29 is 18.0 Å². The predicted octanol–water partition coefficient (Wildman–Crippen LogP) is 4.04. The maximum Gasteiger partial charge on any atom is 0.417 e. The normalized spacial score (nSPS) is 22.4. The second-order valence-corrected chi connectivity index (χ2v) is 9.72. The summed E-state index contributed by atoms with van der Waals surface area (Å²) in [4.78, 5) is 21.3. The van der Waals surface area contributed by atoms with Crippen LogP contribution in [0.1, 0.15) is 68.1 Å². The van der Waals surface area contributed by atoms with E-state index >= 15 is 0 Å². The molecule has 0 spiro atoms. The van der Waals surface area contributed by atoms with Crippen LogP contribution in [0.15, 0.2) is 18.3 Å². The number of carbonyl (C=O) groups excluding carboxylic acids is 1. The summed E-state index contributed by atoms with van der Waals surface area (Å²) in [5, 5.41) is 8.97. The molecule has 5 heterocycles. The van der Waals surface area contributed by atoms with E-state index in [1.807, 2.05) is 9.80 Å². The van der Waals surface area contributed by atoms with Crippen molar-refractivity contribution in [1.29, 1.82) is 0 Å². The van der Waals surface area contributed by atoms with Gasteiger partial charge in [0.2, 0.25) is 5.91 Å². The molecular weight excluding hydrogens is 445 g/mol. The number of alkyl halides is 3. The molecule has 5 rings (SSSR count). The fourth-order valence-electron chi connectivity index (χ4n) is 5.55. The number of carbonyl (C=O) groups is 1. The first-order chi connectivity index (χ1) is 16.4. The van der Waals surface area contributed by atoms with Crippen LogP contribution in [0, 0.1) is 5.92 Å². The third-order valence-corrected chi connectivity index (χ3v) is 7.48. The zero-order valence-corrected chi connectivity index (χ0v) is 19.3. The summed E-state index contributed by atoms with van der Waals surface area (Å²) in [5.74, 6) is 3.02. The molecule has 0 aliphatic carbocycles. The molecule has 2 saturated heterocycles. The lowest BCUT2D eigenvalue weighted by Gasteiger charge is -2.38. The van der Waals surface area contributed by atoms with E-state index in [1.165, 1.54) is 12.5 Å². The quantitative estimate of drug-likeness (QED) is 0.669. The number of rotatable bonds is 3. The van der Waals surface area contributed by atoms with Crippen molar-refractivity contribution in [3.8, 4) is 0 Å². The first kappa shape index (κ1) is 23.1. The van der Waals surface area contributed by atoms with Crippen LogP contribution >= 0.6 is 0 Å². The summed E-state index contributed by atoms with van der Waals surface area (Å²) in [6.45, 7) is 3.67. The molecule has 3 aliphatic heterocycles. The van der Waals surface area contributed by atoms with Gasteiger partial charge in [0.1, 0.15) is 17.5 Å². The Morgan fingerprint density at radius 1 is 0.941 bits per heavy atom. The van der Waals surface area contributed by atoms with Gasteiger partial charge in [-0.1, -0.05) is 6.42 Å². The number of fused-ring (bicyclic) bond motifs is 1. The summed E-state index contributed by atoms with van der Waals surface area (Å²) in [5.41, 5.74) is -0.745. The summed E-state index contributed by atoms with van der Waals surface area (Å²) in [6, 6.07) is 2.49. The number of amides is 1. The molecule has 34 heavy (non-hydrogen) atoms. The van der Waals surface area contributed by atoms with Crippen LogP contribution < -0.4 is 4.90 Å². The summed E-state index contributed by atoms with van der Waals surface area (Å²) < 4.78 is 40.7. The Morgan fingerprint density at radius 2 is 1.76 bits per heavy atom. The lowest BCUT2D eigenvalue weighted by Crippen LogP contribution is -2.46. The largest absolute Gasteiger partial charge is 0.417 e. The van der Waals surface area contributed by atoms with Crippen LogP contribution in [0.4, 0.5) is 19.0 Å². The van der Waals surface area contributed by atoms with Crippen LogP contribution in [-0.4, -0.2) is 56.7 Å². The number of halogens is 3. The van der Waals surface area contributed by atoms with Gasteiger partial charge in [-0.2, -0.15) is 13.2 Å². The van der Waals surface area contributed by atoms with Gasteiger partial charge in [0.05, 0.1) is 5.56 Å². The van der Waals surface area contributed by atoms with Crippen LogP contribution in [0.5, 0.6) is 0 Å². The number of aryl methyl sites for hydroxylation is 1. The molecule has 0 bridgehead atoms. The molecule has 2 aromatic rings. The van der Waals surface area contributed by atoms with E-state index in [2.05, 4.69) is 19.7 Å². The molecule has 184 valence electrons. The smallest absolute Gasteiger partial charge is 0.357 e. The minimum Gasteiger partial charge on any atom is -0.357 e. The molecule has 1 amide bonds. The Kier molecular flexibility index (Phi) is 6.48. The maximum absolute atomic E-state index is 13.3. The Bertz CT molecular complexity index is 997. The van der Waals surface area contributed by atoms with Gasteiger partial charge < -0.3 is 14.4 Å². The molecule has 10 heteroatoms. The molecule has 2 fully saturated rings. The number of likely N-dealkylation sites (tertiary alicyclic amines) is 1. The van der Waals surface area contributed by atoms with Crippen LogP contribution in [0.25, 0.3) is 0 Å². The fraction of sp³-hybridized carbons (Fsp3) is 0.667. The molecule has 1 atom stereocenters. The van der Waals surface area contributed by atoms with E-state index in [4.69, 9.17) is 0 Å². The first-order valence-electron chi connectivity index (χ1n) is 12.4. The van der Waals surface area contributed by atoms with E-state index < -0.39 is 11.7 Å². The van der Waals surface area contributed by atoms with Crippen molar-refractivity contribution >= 4 is 11.7 Å². The highest BCUT2D eigenvalue weighted by molar-refractivity contribution is 5.79. The van der Waals surface area contributed by atoms with Crippen molar-refractivity contribution in [3.05, 3.63) is 35.5 Å². The van der Waals surface area contributed by atoms with Crippen LogP contribution in [0.2, 0.25) is 0 Å². The van der Waals surface area contributed by atoms with Gasteiger partial charge in [0.25, 0.3) is 0 Å². The highest BCUT2D eigenvalue weighted by Crippen LogP contribution is 2.32. The Hall–Kier alpha value is -2.65. The summed E-state index contributed by atoms with van der Waals surface area (Å²) >= 11 is 0. The minimum atomic E-state index is -4.39. The van der Waals surface area contributed by atoms with Gasteiger partial charge in [0.15, 0.2) is 0 Å². The van der Waals surface area contributed by atoms with Gasteiger partial charge >= 0.3 is 6.18 Å². The predicted molar refractivity (Wildman–Crippen MR) is 120 cm³/mol. The minimum absolute atomic E-state index is 0.0556. The number of hydrogen-bond acceptors (Lipinski definition) is 5. The fourth-order valence-corrected chi connectivity index (χ4v) is 5.55. The van der Waals surface area contributed by atoms with Gasteiger partial charge in [0, 0.05) is 57.2 Å². The molecule has 3 aliphatic rings. The van der Waals surface area contributed by atoms with Crippen molar-refractivity contribution in [2.75, 3.05) is 31.1 Å². The first-order valence-corrected chi connectivity index (χ1v) is 12.4.